The molecular formula is C39H33N3. The van der Waals surface area contributed by atoms with Gasteiger partial charge in [-0.1, -0.05) is 97.9 Å². The highest BCUT2D eigenvalue weighted by Gasteiger charge is 2.18. The van der Waals surface area contributed by atoms with Crippen molar-refractivity contribution in [1.29, 1.82) is 0 Å². The number of nitrogens with one attached hydrogen (secondary N) is 2. The van der Waals surface area contributed by atoms with Crippen LogP contribution in [0, 0.1) is 0 Å². The maximum atomic E-state index is 3.57. The Kier molecular flexibility index (Phi) is 6.79. The van der Waals surface area contributed by atoms with Gasteiger partial charge in [-0.15, -0.1) is 6.58 Å². The van der Waals surface area contributed by atoms with Crippen LogP contribution in [0.15, 0.2) is 140 Å². The number of H-pyrrole nitrogens is 1. The van der Waals surface area contributed by atoms with Gasteiger partial charge in [0.1, 0.15) is 0 Å². The number of rotatable bonds is 5. The summed E-state index contributed by atoms with van der Waals surface area (Å²) in [7, 11) is 0. The second kappa shape index (κ2) is 11.0. The van der Waals surface area contributed by atoms with Crippen molar-refractivity contribution < 1.29 is 0 Å². The normalized spacial score (nSPS) is 11.4. The topological polar surface area (TPSA) is 32.8 Å². The molecule has 204 valence electrons. The van der Waals surface area contributed by atoms with E-state index in [0.29, 0.717) is 0 Å². The molecule has 3 heteroatoms. The summed E-state index contributed by atoms with van der Waals surface area (Å²) in [5.74, 6) is 0. The molecule has 42 heavy (non-hydrogen) atoms. The molecule has 0 aliphatic carbocycles. The van der Waals surface area contributed by atoms with Gasteiger partial charge in [0.15, 0.2) is 0 Å². The van der Waals surface area contributed by atoms with Gasteiger partial charge in [0, 0.05) is 50.2 Å². The van der Waals surface area contributed by atoms with E-state index in [2.05, 4.69) is 156 Å². The van der Waals surface area contributed by atoms with Crippen LogP contribution in [0.4, 0.5) is 0 Å². The SMILES string of the molecule is C=CCNCC.c1ccc(-n2c3ccccc3c3cc(-c4ccc5[nH]c6ccccc6c5c4)c4ccccc4c32)cc1. The zero-order valence-electron chi connectivity index (χ0n) is 23.8. The van der Waals surface area contributed by atoms with E-state index in [1.165, 1.54) is 71.2 Å². The van der Waals surface area contributed by atoms with Gasteiger partial charge in [0.25, 0.3) is 0 Å². The van der Waals surface area contributed by atoms with Crippen molar-refractivity contribution in [2.75, 3.05) is 13.1 Å². The smallest absolute Gasteiger partial charge is 0.0619 e. The van der Waals surface area contributed by atoms with Crippen molar-refractivity contribution >= 4 is 54.4 Å². The van der Waals surface area contributed by atoms with Gasteiger partial charge in [-0.2, -0.15) is 0 Å². The van der Waals surface area contributed by atoms with Gasteiger partial charge in [0.05, 0.1) is 11.0 Å². The first-order valence-electron chi connectivity index (χ1n) is 14.6. The highest BCUT2D eigenvalue weighted by atomic mass is 15.0. The molecular weight excluding hydrogens is 510 g/mol. The minimum atomic E-state index is 0.927. The van der Waals surface area contributed by atoms with Crippen LogP contribution in [0.3, 0.4) is 0 Å². The molecule has 0 amide bonds. The summed E-state index contributed by atoms with van der Waals surface area (Å²) in [6, 6.07) is 46.0. The predicted octanol–water partition coefficient (Wildman–Crippen LogP) is 10.0. The summed E-state index contributed by atoms with van der Waals surface area (Å²) >= 11 is 0. The van der Waals surface area contributed by atoms with Gasteiger partial charge < -0.3 is 14.9 Å². The quantitative estimate of drug-likeness (QED) is 0.164. The number of benzene rings is 6. The summed E-state index contributed by atoms with van der Waals surface area (Å²) in [6.07, 6.45) is 1.85. The lowest BCUT2D eigenvalue weighted by atomic mass is 9.94. The van der Waals surface area contributed by atoms with E-state index < -0.39 is 0 Å². The monoisotopic (exact) mass is 543 g/mol. The molecule has 0 bridgehead atoms. The molecule has 0 radical (unpaired) electrons. The summed E-state index contributed by atoms with van der Waals surface area (Å²) in [4.78, 5) is 3.57. The molecule has 0 spiro atoms. The molecule has 8 aromatic rings. The first kappa shape index (κ1) is 25.8. The van der Waals surface area contributed by atoms with Crippen molar-refractivity contribution in [1.82, 2.24) is 14.9 Å². The Morgan fingerprint density at radius 2 is 1.31 bits per heavy atom. The van der Waals surface area contributed by atoms with Crippen molar-refractivity contribution in [3.05, 3.63) is 140 Å². The largest absolute Gasteiger partial charge is 0.355 e. The molecule has 2 N–H and O–H groups in total. The Morgan fingerprint density at radius 1 is 0.643 bits per heavy atom. The van der Waals surface area contributed by atoms with Crippen molar-refractivity contribution in [3.63, 3.8) is 0 Å². The van der Waals surface area contributed by atoms with Crippen molar-refractivity contribution in [2.45, 2.75) is 6.92 Å². The average molecular weight is 544 g/mol. The molecule has 2 aromatic heterocycles. The molecule has 6 aromatic carbocycles. The van der Waals surface area contributed by atoms with E-state index in [4.69, 9.17) is 0 Å². The van der Waals surface area contributed by atoms with Crippen LogP contribution in [-0.4, -0.2) is 22.6 Å². The fourth-order valence-electron chi connectivity index (χ4n) is 6.17. The van der Waals surface area contributed by atoms with E-state index >= 15 is 0 Å². The average Bonchev–Trinajstić information content (AvgIpc) is 3.59. The summed E-state index contributed by atoms with van der Waals surface area (Å²) < 4.78 is 2.42. The fraction of sp³-hybridized carbons (Fsp3) is 0.0769. The van der Waals surface area contributed by atoms with Crippen molar-refractivity contribution in [2.24, 2.45) is 0 Å². The second-order valence-corrected chi connectivity index (χ2v) is 10.6. The number of aromatic nitrogens is 2. The Balaban J connectivity index is 0.000000438. The first-order chi connectivity index (χ1) is 20.8. The second-order valence-electron chi connectivity index (χ2n) is 10.6. The number of likely N-dealkylation sites (N-methyl/N-ethyl adjacent to an activating group) is 1. The third-order valence-electron chi connectivity index (χ3n) is 8.05. The molecule has 0 atom stereocenters. The highest BCUT2D eigenvalue weighted by Crippen LogP contribution is 2.42. The summed E-state index contributed by atoms with van der Waals surface area (Å²) in [5, 5.41) is 10.7. The lowest BCUT2D eigenvalue weighted by Crippen LogP contribution is -2.10. The zero-order chi connectivity index (χ0) is 28.5. The van der Waals surface area contributed by atoms with E-state index in [1.807, 2.05) is 6.08 Å². The predicted molar refractivity (Wildman–Crippen MR) is 182 cm³/mol. The third-order valence-corrected chi connectivity index (χ3v) is 8.05. The van der Waals surface area contributed by atoms with Crippen LogP contribution in [0.2, 0.25) is 0 Å². The van der Waals surface area contributed by atoms with Crippen LogP contribution in [-0.2, 0) is 0 Å². The van der Waals surface area contributed by atoms with E-state index in [1.54, 1.807) is 0 Å². The number of hydrogen-bond acceptors (Lipinski definition) is 1. The van der Waals surface area contributed by atoms with E-state index in [-0.39, 0.29) is 0 Å². The minimum absolute atomic E-state index is 0.927. The van der Waals surface area contributed by atoms with Crippen LogP contribution < -0.4 is 5.32 Å². The maximum absolute atomic E-state index is 3.57. The number of fused-ring (bicyclic) bond motifs is 8. The van der Waals surface area contributed by atoms with Crippen LogP contribution in [0.25, 0.3) is 71.2 Å². The van der Waals surface area contributed by atoms with E-state index in [9.17, 15) is 0 Å². The molecule has 0 saturated carbocycles. The Morgan fingerprint density at radius 3 is 2.07 bits per heavy atom. The maximum Gasteiger partial charge on any atom is 0.0619 e. The van der Waals surface area contributed by atoms with Crippen molar-refractivity contribution in [3.8, 4) is 16.8 Å². The fourth-order valence-corrected chi connectivity index (χ4v) is 6.17. The molecule has 0 saturated heterocycles. The molecule has 3 nitrogen and oxygen atoms in total. The number of aromatic amines is 1. The number of para-hydroxylation sites is 3. The zero-order valence-corrected chi connectivity index (χ0v) is 23.8. The lowest BCUT2D eigenvalue weighted by Gasteiger charge is -2.13. The highest BCUT2D eigenvalue weighted by molar-refractivity contribution is 6.22. The molecule has 0 aliphatic rings. The van der Waals surface area contributed by atoms with Crippen LogP contribution in [0.1, 0.15) is 6.92 Å². The Hall–Kier alpha value is -5.12. The number of nitrogens with zero attached hydrogens (tertiary/aromatic N) is 1. The standard InChI is InChI=1S/C34H22N2.C5H11N/c1-2-10-23(11-3-1)36-33-17-9-7-14-26(33)30-21-28(24-12-4-5-15-27(24)34(30)36)22-18-19-32-29(20-22)25-13-6-8-16-31(25)35-32;1-3-5-6-4-2/h1-21,35H;3,6H,1,4-5H2,2H3. The summed E-state index contributed by atoms with van der Waals surface area (Å²) in [6.45, 7) is 7.57. The molecule has 0 aliphatic heterocycles. The Labute approximate surface area is 245 Å². The molecule has 0 fully saturated rings. The van der Waals surface area contributed by atoms with Crippen LogP contribution in [0.5, 0.6) is 0 Å². The van der Waals surface area contributed by atoms with Gasteiger partial charge in [0.2, 0.25) is 0 Å². The van der Waals surface area contributed by atoms with Gasteiger partial charge >= 0.3 is 0 Å². The molecule has 8 rings (SSSR count). The third kappa shape index (κ3) is 4.36. The van der Waals surface area contributed by atoms with Gasteiger partial charge in [-0.05, 0) is 65.5 Å². The van der Waals surface area contributed by atoms with Gasteiger partial charge in [-0.25, -0.2) is 0 Å². The Bertz CT molecular complexity index is 2200. The van der Waals surface area contributed by atoms with Gasteiger partial charge in [-0.3, -0.25) is 0 Å². The molecule has 2 heterocycles. The lowest BCUT2D eigenvalue weighted by molar-refractivity contribution is 0.800. The minimum Gasteiger partial charge on any atom is -0.355 e. The van der Waals surface area contributed by atoms with Crippen LogP contribution >= 0.6 is 0 Å². The van der Waals surface area contributed by atoms with E-state index in [0.717, 1.165) is 13.1 Å². The summed E-state index contributed by atoms with van der Waals surface area (Å²) in [5.41, 5.74) is 8.52. The first-order valence-corrected chi connectivity index (χ1v) is 14.6. The number of hydrogen-bond donors (Lipinski definition) is 2. The molecule has 0 unspecified atom stereocenters.